The quantitative estimate of drug-likeness (QED) is 0.0349. The summed E-state index contributed by atoms with van der Waals surface area (Å²) >= 11 is 0. The highest BCUT2D eigenvalue weighted by molar-refractivity contribution is 5.95. The smallest absolute Gasteiger partial charge is 0.278 e. The Hall–Kier alpha value is -1.02. The van der Waals surface area contributed by atoms with Crippen LogP contribution in [0.25, 0.3) is 0 Å². The molecule has 0 aliphatic heterocycles. The van der Waals surface area contributed by atoms with Gasteiger partial charge < -0.3 is 26.2 Å². The average molecular weight is 668 g/mol. The molecule has 0 aromatic heterocycles. The first-order chi connectivity index (χ1) is 22.6. The van der Waals surface area contributed by atoms with Crippen molar-refractivity contribution in [3.63, 3.8) is 0 Å². The summed E-state index contributed by atoms with van der Waals surface area (Å²) < 4.78 is 0. The number of carbonyl (C=O) groups excluding carboxylic acids is 2. The number of hydrogen-bond acceptors (Lipinski definition) is 6. The third-order valence-corrected chi connectivity index (χ3v) is 11.2. The second-order valence-corrected chi connectivity index (χ2v) is 15.2. The zero-order chi connectivity index (χ0) is 34.9. The van der Waals surface area contributed by atoms with Gasteiger partial charge in [0.25, 0.3) is 11.7 Å². The summed E-state index contributed by atoms with van der Waals surface area (Å²) in [5.41, 5.74) is 4.28. The molecule has 0 heterocycles. The highest BCUT2D eigenvalue weighted by Crippen LogP contribution is 2.51. The van der Waals surface area contributed by atoms with Gasteiger partial charge >= 0.3 is 0 Å². The van der Waals surface area contributed by atoms with Gasteiger partial charge in [0.15, 0.2) is 0 Å². The van der Waals surface area contributed by atoms with Crippen molar-refractivity contribution in [3.05, 3.63) is 0 Å². The van der Waals surface area contributed by atoms with Crippen molar-refractivity contribution in [2.24, 2.45) is 17.1 Å². The number of ketones is 1. The molecule has 1 atom stereocenters. The van der Waals surface area contributed by atoms with Gasteiger partial charge in [0.1, 0.15) is 0 Å². The molecule has 6 N–H and O–H groups in total. The summed E-state index contributed by atoms with van der Waals surface area (Å²) in [5.74, 6) is -10.0. The van der Waals surface area contributed by atoms with Crippen molar-refractivity contribution in [2.75, 3.05) is 0 Å². The first kappa shape index (κ1) is 44.0. The van der Waals surface area contributed by atoms with Gasteiger partial charge in [-0.25, -0.2) is 0 Å². The van der Waals surface area contributed by atoms with Gasteiger partial charge in [-0.1, -0.05) is 194 Å². The topological polar surface area (TPSA) is 141 Å². The van der Waals surface area contributed by atoms with Crippen molar-refractivity contribution in [3.8, 4) is 0 Å². The maximum atomic E-state index is 13.8. The van der Waals surface area contributed by atoms with Crippen LogP contribution in [0.2, 0.25) is 0 Å². The predicted molar refractivity (Wildman–Crippen MR) is 194 cm³/mol. The standard InChI is InChI=1S/C40H77NO6/c1-3-5-7-9-11-13-15-17-19-21-23-25-27-31-35(39(44,45)37(41)43)36(42)40(46,47)38(33-29-30-34-38)32-28-26-24-22-20-18-16-14-12-10-8-6-4-2/h35,44-47H,3-34H2,1-2H3,(H2,41,43). The van der Waals surface area contributed by atoms with Gasteiger partial charge in [0.2, 0.25) is 11.6 Å². The second-order valence-electron chi connectivity index (χ2n) is 15.2. The Labute approximate surface area is 289 Å². The van der Waals surface area contributed by atoms with Crippen LogP contribution in [0.15, 0.2) is 0 Å². The highest BCUT2D eigenvalue weighted by atomic mass is 16.5. The average Bonchev–Trinajstić information content (AvgIpc) is 3.54. The highest BCUT2D eigenvalue weighted by Gasteiger charge is 2.60. The zero-order valence-electron chi connectivity index (χ0n) is 30.9. The van der Waals surface area contributed by atoms with Gasteiger partial charge in [-0.2, -0.15) is 0 Å². The molecule has 7 heteroatoms. The first-order valence-electron chi connectivity index (χ1n) is 20.3. The number of rotatable bonds is 33. The third kappa shape index (κ3) is 17.0. The molecule has 0 spiro atoms. The molecule has 0 aromatic rings. The Morgan fingerprint density at radius 1 is 0.553 bits per heavy atom. The Bertz CT molecular complexity index is 792. The molecule has 0 aromatic carbocycles. The van der Waals surface area contributed by atoms with Crippen molar-refractivity contribution in [2.45, 2.75) is 231 Å². The number of unbranched alkanes of at least 4 members (excludes halogenated alkanes) is 24. The van der Waals surface area contributed by atoms with E-state index in [4.69, 9.17) is 5.73 Å². The maximum absolute atomic E-state index is 13.8. The van der Waals surface area contributed by atoms with Crippen LogP contribution in [0.1, 0.15) is 219 Å². The van der Waals surface area contributed by atoms with E-state index in [1.54, 1.807) is 0 Å². The number of hydrogen-bond donors (Lipinski definition) is 5. The van der Waals surface area contributed by atoms with Crippen LogP contribution in [0.3, 0.4) is 0 Å². The van der Waals surface area contributed by atoms with Crippen LogP contribution in [-0.2, 0) is 9.59 Å². The lowest BCUT2D eigenvalue weighted by Crippen LogP contribution is -2.62. The third-order valence-electron chi connectivity index (χ3n) is 11.2. The van der Waals surface area contributed by atoms with E-state index in [2.05, 4.69) is 13.8 Å². The number of primary amides is 1. The summed E-state index contributed by atoms with van der Waals surface area (Å²) in [6, 6.07) is 0. The van der Waals surface area contributed by atoms with E-state index in [1.165, 1.54) is 116 Å². The molecule has 0 radical (unpaired) electrons. The molecule has 0 saturated heterocycles. The molecule has 1 amide bonds. The summed E-state index contributed by atoms with van der Waals surface area (Å²) in [4.78, 5) is 25.8. The molecular weight excluding hydrogens is 590 g/mol. The molecule has 1 aliphatic carbocycles. The lowest BCUT2D eigenvalue weighted by atomic mass is 9.68. The van der Waals surface area contributed by atoms with Crippen LogP contribution < -0.4 is 5.73 Å². The van der Waals surface area contributed by atoms with E-state index in [0.717, 1.165) is 57.8 Å². The van der Waals surface area contributed by atoms with Crippen LogP contribution >= 0.6 is 0 Å². The molecule has 1 saturated carbocycles. The van der Waals surface area contributed by atoms with Gasteiger partial charge in [0.05, 0.1) is 5.92 Å². The van der Waals surface area contributed by atoms with Crippen LogP contribution in [-0.4, -0.2) is 43.7 Å². The maximum Gasteiger partial charge on any atom is 0.278 e. The van der Waals surface area contributed by atoms with Crippen molar-refractivity contribution < 1.29 is 30.0 Å². The molecule has 1 rings (SSSR count). The Morgan fingerprint density at radius 2 is 0.872 bits per heavy atom. The largest absolute Gasteiger partial charge is 0.365 e. The molecule has 47 heavy (non-hydrogen) atoms. The fraction of sp³-hybridized carbons (Fsp3) is 0.950. The molecule has 1 fully saturated rings. The molecule has 1 aliphatic rings. The summed E-state index contributed by atoms with van der Waals surface area (Å²) in [7, 11) is 0. The molecular formula is C40H77NO6. The molecule has 1 unspecified atom stereocenters. The molecule has 7 nitrogen and oxygen atoms in total. The fourth-order valence-corrected chi connectivity index (χ4v) is 7.86. The van der Waals surface area contributed by atoms with E-state index in [9.17, 15) is 30.0 Å². The van der Waals surface area contributed by atoms with E-state index in [0.29, 0.717) is 25.7 Å². The van der Waals surface area contributed by atoms with Crippen molar-refractivity contribution in [1.82, 2.24) is 0 Å². The Morgan fingerprint density at radius 3 is 1.21 bits per heavy atom. The summed E-state index contributed by atoms with van der Waals surface area (Å²) in [6.45, 7) is 4.48. The van der Waals surface area contributed by atoms with E-state index >= 15 is 0 Å². The minimum atomic E-state index is -3.12. The number of nitrogens with two attached hydrogens (primary N) is 1. The number of carbonyl (C=O) groups is 2. The van der Waals surface area contributed by atoms with Gasteiger partial charge in [-0.05, 0) is 25.7 Å². The Balaban J connectivity index is 2.52. The predicted octanol–water partition coefficient (Wildman–Crippen LogP) is 9.54. The Kier molecular flexibility index (Phi) is 24.2. The minimum Gasteiger partial charge on any atom is -0.365 e. The zero-order valence-corrected chi connectivity index (χ0v) is 30.9. The van der Waals surface area contributed by atoms with E-state index in [1.807, 2.05) is 0 Å². The van der Waals surface area contributed by atoms with Gasteiger partial charge in [-0.15, -0.1) is 0 Å². The number of aliphatic hydroxyl groups is 4. The summed E-state index contributed by atoms with van der Waals surface area (Å²) in [6.07, 6.45) is 33.7. The van der Waals surface area contributed by atoms with Crippen LogP contribution in [0.5, 0.6) is 0 Å². The SMILES string of the molecule is CCCCCCCCCCCCCCCC(C(=O)C(O)(O)C1(CCCCCCCCCCCCCCC)CCCC1)C(O)(O)C(N)=O. The first-order valence-corrected chi connectivity index (χ1v) is 20.3. The minimum absolute atomic E-state index is 0.0236. The lowest BCUT2D eigenvalue weighted by molar-refractivity contribution is -0.253. The number of Topliss-reactive ketones (excluding diaryl/α,β-unsaturated/α-hetero) is 1. The van der Waals surface area contributed by atoms with Gasteiger partial charge in [-0.3, -0.25) is 9.59 Å². The van der Waals surface area contributed by atoms with Crippen LogP contribution in [0.4, 0.5) is 0 Å². The van der Waals surface area contributed by atoms with E-state index < -0.39 is 34.6 Å². The van der Waals surface area contributed by atoms with Crippen molar-refractivity contribution in [1.29, 1.82) is 0 Å². The van der Waals surface area contributed by atoms with Gasteiger partial charge in [0, 0.05) is 5.41 Å². The lowest BCUT2D eigenvalue weighted by Gasteiger charge is -2.43. The summed E-state index contributed by atoms with van der Waals surface area (Å²) in [5, 5.41) is 44.2. The monoisotopic (exact) mass is 668 g/mol. The normalized spacial score (nSPS) is 15.7. The number of amides is 1. The van der Waals surface area contributed by atoms with Crippen molar-refractivity contribution >= 4 is 11.7 Å². The van der Waals surface area contributed by atoms with E-state index in [-0.39, 0.29) is 6.42 Å². The van der Waals surface area contributed by atoms with Crippen LogP contribution in [0, 0.1) is 11.3 Å². The fourth-order valence-electron chi connectivity index (χ4n) is 7.86. The molecule has 0 bridgehead atoms. The molecule has 278 valence electrons. The second kappa shape index (κ2) is 25.9.